The lowest BCUT2D eigenvalue weighted by Gasteiger charge is -2.11. The highest BCUT2D eigenvalue weighted by atomic mass is 35.5. The number of rotatable bonds is 8. The fourth-order valence-electron chi connectivity index (χ4n) is 2.06. The van der Waals surface area contributed by atoms with Gasteiger partial charge in [-0.2, -0.15) is 0 Å². The predicted octanol–water partition coefficient (Wildman–Crippen LogP) is 4.63. The molecule has 0 saturated carbocycles. The first-order chi connectivity index (χ1) is 11.5. The molecule has 0 unspecified atom stereocenters. The largest absolute Gasteiger partial charge is 0.494 e. The predicted molar refractivity (Wildman–Crippen MR) is 94.2 cm³/mol. The maximum absolute atomic E-state index is 8.89. The van der Waals surface area contributed by atoms with Gasteiger partial charge in [-0.25, -0.2) is 0 Å². The van der Waals surface area contributed by atoms with Crippen LogP contribution < -0.4 is 9.47 Å². The molecule has 1 heterocycles. The maximum atomic E-state index is 8.89. The normalized spacial score (nSPS) is 10.5. The molecule has 24 heavy (non-hydrogen) atoms. The molecule has 0 saturated heterocycles. The Hall–Kier alpha value is -1.40. The minimum absolute atomic E-state index is 0.0884. The second-order valence-corrected chi connectivity index (χ2v) is 6.21. The summed E-state index contributed by atoms with van der Waals surface area (Å²) in [6.07, 6.45) is 2.71. The van der Waals surface area contributed by atoms with Gasteiger partial charge in [-0.3, -0.25) is 0 Å². The van der Waals surface area contributed by atoms with Crippen LogP contribution in [-0.4, -0.2) is 30.6 Å². The quantitative estimate of drug-likeness (QED) is 0.710. The van der Waals surface area contributed by atoms with Crippen LogP contribution in [0.3, 0.4) is 0 Å². The Bertz CT molecular complexity index is 711. The Labute approximate surface area is 154 Å². The van der Waals surface area contributed by atoms with Crippen molar-refractivity contribution in [3.05, 3.63) is 39.5 Å². The third-order valence-corrected chi connectivity index (χ3v) is 3.71. The second-order valence-electron chi connectivity index (χ2n) is 4.80. The van der Waals surface area contributed by atoms with Gasteiger partial charge in [0, 0.05) is 25.2 Å². The van der Waals surface area contributed by atoms with Crippen LogP contribution in [0, 0.1) is 0 Å². The van der Waals surface area contributed by atoms with Crippen molar-refractivity contribution in [3.8, 4) is 22.8 Å². The summed E-state index contributed by atoms with van der Waals surface area (Å²) in [6.45, 7) is 0.288. The van der Waals surface area contributed by atoms with E-state index in [2.05, 4.69) is 5.16 Å². The first-order valence-electron chi connectivity index (χ1n) is 7.13. The Kier molecular flexibility index (Phi) is 7.24. The Morgan fingerprint density at radius 2 is 2.12 bits per heavy atom. The molecule has 0 fully saturated rings. The first kappa shape index (κ1) is 18.9. The molecule has 0 amide bonds. The van der Waals surface area contributed by atoms with Crippen LogP contribution in [0.2, 0.25) is 5.02 Å². The number of halogens is 3. The van der Waals surface area contributed by atoms with E-state index in [1.807, 2.05) is 0 Å². The Morgan fingerprint density at radius 3 is 2.79 bits per heavy atom. The molecule has 0 aliphatic carbocycles. The molecule has 0 atom stereocenters. The highest BCUT2D eigenvalue weighted by Gasteiger charge is 2.16. The van der Waals surface area contributed by atoms with Crippen molar-refractivity contribution < 1.29 is 19.1 Å². The minimum atomic E-state index is 0.0884. The van der Waals surface area contributed by atoms with E-state index in [9.17, 15) is 0 Å². The van der Waals surface area contributed by atoms with Crippen molar-refractivity contribution >= 4 is 34.8 Å². The van der Waals surface area contributed by atoms with Gasteiger partial charge in [0.1, 0.15) is 34.1 Å². The molecule has 0 bridgehead atoms. The van der Waals surface area contributed by atoms with Gasteiger partial charge in [0.15, 0.2) is 0 Å². The molecule has 1 aromatic heterocycles. The van der Waals surface area contributed by atoms with Crippen LogP contribution in [0.4, 0.5) is 0 Å². The van der Waals surface area contributed by atoms with Crippen LogP contribution in [0.15, 0.2) is 33.3 Å². The summed E-state index contributed by atoms with van der Waals surface area (Å²) in [4.78, 5) is 0. The molecule has 2 aromatic rings. The summed E-state index contributed by atoms with van der Waals surface area (Å²) in [7, 11) is 1.52. The summed E-state index contributed by atoms with van der Waals surface area (Å²) in [5, 5.41) is 13.3. The number of aliphatic hydroxyl groups excluding tert-OH is 1. The summed E-state index contributed by atoms with van der Waals surface area (Å²) in [6, 6.07) is 5.16. The topological polar surface area (TPSA) is 64.7 Å². The molecule has 0 radical (unpaired) electrons. The van der Waals surface area contributed by atoms with Crippen LogP contribution >= 0.6 is 34.8 Å². The highest BCUT2D eigenvalue weighted by molar-refractivity contribution is 6.55. The van der Waals surface area contributed by atoms with E-state index in [0.717, 1.165) is 0 Å². The molecular weight excluding hydrogens is 377 g/mol. The molecule has 1 N–H and O–H groups in total. The summed E-state index contributed by atoms with van der Waals surface area (Å²) < 4.78 is 16.3. The van der Waals surface area contributed by atoms with Crippen LogP contribution in [-0.2, 0) is 6.42 Å². The molecule has 130 valence electrons. The zero-order valence-corrected chi connectivity index (χ0v) is 15.2. The van der Waals surface area contributed by atoms with Crippen molar-refractivity contribution in [3.63, 3.8) is 0 Å². The van der Waals surface area contributed by atoms with E-state index in [-0.39, 0.29) is 17.7 Å². The highest BCUT2D eigenvalue weighted by Crippen LogP contribution is 2.39. The number of ether oxygens (including phenoxy) is 2. The van der Waals surface area contributed by atoms with E-state index >= 15 is 0 Å². The molecule has 0 spiro atoms. The summed E-state index contributed by atoms with van der Waals surface area (Å²) in [5.41, 5.74) is 1.21. The molecule has 8 heteroatoms. The average Bonchev–Trinajstić information content (AvgIpc) is 3.00. The van der Waals surface area contributed by atoms with Gasteiger partial charge >= 0.3 is 0 Å². The molecule has 0 aliphatic heterocycles. The lowest BCUT2D eigenvalue weighted by atomic mass is 10.1. The zero-order valence-electron chi connectivity index (χ0n) is 12.9. The monoisotopic (exact) mass is 391 g/mol. The summed E-state index contributed by atoms with van der Waals surface area (Å²) >= 11 is 17.4. The van der Waals surface area contributed by atoms with E-state index in [4.69, 9.17) is 53.9 Å². The van der Waals surface area contributed by atoms with Crippen LogP contribution in [0.5, 0.6) is 11.5 Å². The smallest absolute Gasteiger partial charge is 0.147 e. The van der Waals surface area contributed by atoms with Gasteiger partial charge in [-0.05, 0) is 18.6 Å². The average molecular weight is 393 g/mol. The molecule has 0 aliphatic rings. The summed E-state index contributed by atoms with van der Waals surface area (Å²) in [5.74, 6) is 1.65. The van der Waals surface area contributed by atoms with Crippen molar-refractivity contribution in [2.24, 2.45) is 0 Å². The standard InChI is InChI=1S/C16H16Cl3NO4/c1-22-16-12(14-9-10(24-20-14)3-2-5-21)7-11(8-13(16)17)23-6-4-15(18)19/h4,7-9,21H,2-3,5-6H2,1H3. The minimum Gasteiger partial charge on any atom is -0.494 e. The van der Waals surface area contributed by atoms with E-state index in [0.29, 0.717) is 46.4 Å². The molecule has 2 rings (SSSR count). The van der Waals surface area contributed by atoms with Gasteiger partial charge in [0.2, 0.25) is 0 Å². The fraction of sp³-hybridized carbons (Fsp3) is 0.312. The Balaban J connectivity index is 2.30. The molecule has 1 aromatic carbocycles. The van der Waals surface area contributed by atoms with Crippen molar-refractivity contribution in [2.45, 2.75) is 12.8 Å². The van der Waals surface area contributed by atoms with Gasteiger partial charge in [0.25, 0.3) is 0 Å². The van der Waals surface area contributed by atoms with Crippen LogP contribution in [0.25, 0.3) is 11.3 Å². The lowest BCUT2D eigenvalue weighted by molar-refractivity contribution is 0.280. The van der Waals surface area contributed by atoms with Gasteiger partial charge < -0.3 is 19.1 Å². The molecular formula is C16H16Cl3NO4. The fourth-order valence-corrected chi connectivity index (χ4v) is 2.47. The van der Waals surface area contributed by atoms with E-state index < -0.39 is 0 Å². The second kappa shape index (κ2) is 9.18. The third kappa shape index (κ3) is 5.05. The maximum Gasteiger partial charge on any atom is 0.147 e. The number of aryl methyl sites for hydroxylation is 1. The number of hydrogen-bond acceptors (Lipinski definition) is 5. The van der Waals surface area contributed by atoms with E-state index in [1.54, 1.807) is 18.2 Å². The van der Waals surface area contributed by atoms with Gasteiger partial charge in [-0.1, -0.05) is 40.0 Å². The Morgan fingerprint density at radius 1 is 1.33 bits per heavy atom. The number of methoxy groups -OCH3 is 1. The van der Waals surface area contributed by atoms with E-state index in [1.165, 1.54) is 13.2 Å². The lowest BCUT2D eigenvalue weighted by Crippen LogP contribution is -1.96. The van der Waals surface area contributed by atoms with Crippen molar-refractivity contribution in [1.29, 1.82) is 0 Å². The van der Waals surface area contributed by atoms with Gasteiger partial charge in [0.05, 0.1) is 17.7 Å². The number of benzene rings is 1. The van der Waals surface area contributed by atoms with Gasteiger partial charge in [-0.15, -0.1) is 0 Å². The van der Waals surface area contributed by atoms with Crippen LogP contribution in [0.1, 0.15) is 12.2 Å². The zero-order chi connectivity index (χ0) is 17.5. The third-order valence-electron chi connectivity index (χ3n) is 3.13. The first-order valence-corrected chi connectivity index (χ1v) is 8.27. The number of hydrogen-bond donors (Lipinski definition) is 1. The number of aromatic nitrogens is 1. The van der Waals surface area contributed by atoms with Crippen molar-refractivity contribution in [1.82, 2.24) is 5.16 Å². The number of aliphatic hydroxyl groups is 1. The SMILES string of the molecule is COc1c(Cl)cc(OCC=C(Cl)Cl)cc1-c1cc(CCCO)on1. The molecule has 5 nitrogen and oxygen atoms in total. The van der Waals surface area contributed by atoms with Crippen molar-refractivity contribution in [2.75, 3.05) is 20.3 Å². The number of nitrogens with zero attached hydrogens (tertiary/aromatic N) is 1.